The van der Waals surface area contributed by atoms with Crippen LogP contribution in [0.2, 0.25) is 0 Å². The quantitative estimate of drug-likeness (QED) is 0.371. The number of aromatic nitrogens is 2. The standard InChI is InChI=1S/C28H24F3N5O/c29-28(30,31)22-6-1-20(2-7-22)17-33-23-8-3-19(4-9-23)15-21-5-10-25-27(24(21)16-32)35-26(18-34-25)36-11-13-37-14-12-36/h1-10,18,33H,11-15,17H2. The average Bonchev–Trinajstić information content (AvgIpc) is 2.92. The van der Waals surface area contributed by atoms with Gasteiger partial charge >= 0.3 is 6.18 Å². The van der Waals surface area contributed by atoms with E-state index in [0.29, 0.717) is 42.8 Å². The van der Waals surface area contributed by atoms with Crippen molar-refractivity contribution in [1.29, 1.82) is 5.26 Å². The summed E-state index contributed by atoms with van der Waals surface area (Å²) in [6, 6.07) is 19.0. The molecule has 1 fully saturated rings. The second-order valence-electron chi connectivity index (χ2n) is 8.83. The number of morpholine rings is 1. The van der Waals surface area contributed by atoms with Gasteiger partial charge in [0.25, 0.3) is 0 Å². The Kier molecular flexibility index (Phi) is 6.93. The number of hydrogen-bond donors (Lipinski definition) is 1. The van der Waals surface area contributed by atoms with Gasteiger partial charge in [0.1, 0.15) is 17.4 Å². The smallest absolute Gasteiger partial charge is 0.381 e. The fourth-order valence-electron chi connectivity index (χ4n) is 4.30. The SMILES string of the molecule is N#Cc1c(Cc2ccc(NCc3ccc(C(F)(F)F)cc3)cc2)ccc2ncc(N3CCOCC3)nc12. The molecule has 6 nitrogen and oxygen atoms in total. The highest BCUT2D eigenvalue weighted by Crippen LogP contribution is 2.29. The summed E-state index contributed by atoms with van der Waals surface area (Å²) in [7, 11) is 0. The van der Waals surface area contributed by atoms with Gasteiger partial charge in [0.05, 0.1) is 36.1 Å². The van der Waals surface area contributed by atoms with Crippen LogP contribution in [0.1, 0.15) is 27.8 Å². The van der Waals surface area contributed by atoms with Gasteiger partial charge in [-0.25, -0.2) is 4.98 Å². The first-order valence-electron chi connectivity index (χ1n) is 11.9. The van der Waals surface area contributed by atoms with E-state index in [9.17, 15) is 18.4 Å². The van der Waals surface area contributed by atoms with Crippen LogP contribution in [0, 0.1) is 11.3 Å². The first-order chi connectivity index (χ1) is 17.9. The molecule has 1 saturated heterocycles. The maximum Gasteiger partial charge on any atom is 0.416 e. The zero-order valence-electron chi connectivity index (χ0n) is 19.9. The van der Waals surface area contributed by atoms with Crippen molar-refractivity contribution in [3.05, 3.63) is 94.7 Å². The van der Waals surface area contributed by atoms with Crippen LogP contribution in [-0.2, 0) is 23.9 Å². The molecule has 0 aliphatic carbocycles. The van der Waals surface area contributed by atoms with Gasteiger partial charge in [0.2, 0.25) is 0 Å². The molecule has 37 heavy (non-hydrogen) atoms. The van der Waals surface area contributed by atoms with Crippen molar-refractivity contribution in [2.45, 2.75) is 19.1 Å². The molecule has 3 aromatic carbocycles. The number of fused-ring (bicyclic) bond motifs is 1. The van der Waals surface area contributed by atoms with Crippen LogP contribution in [0.3, 0.4) is 0 Å². The maximum absolute atomic E-state index is 12.7. The predicted octanol–water partition coefficient (Wildman–Crippen LogP) is 5.56. The summed E-state index contributed by atoms with van der Waals surface area (Å²) in [4.78, 5) is 11.4. The number of hydrogen-bond acceptors (Lipinski definition) is 6. The lowest BCUT2D eigenvalue weighted by molar-refractivity contribution is -0.137. The molecule has 0 spiro atoms. The molecule has 1 aliphatic rings. The van der Waals surface area contributed by atoms with Crippen molar-refractivity contribution in [3.8, 4) is 6.07 Å². The zero-order valence-corrected chi connectivity index (χ0v) is 19.9. The number of nitriles is 1. The fraction of sp³-hybridized carbons (Fsp3) is 0.250. The van der Waals surface area contributed by atoms with Crippen LogP contribution in [0.25, 0.3) is 11.0 Å². The van der Waals surface area contributed by atoms with Crippen LogP contribution in [0.4, 0.5) is 24.7 Å². The number of rotatable bonds is 6. The molecule has 0 bridgehead atoms. The zero-order chi connectivity index (χ0) is 25.8. The molecule has 1 aliphatic heterocycles. The maximum atomic E-state index is 12.7. The van der Waals surface area contributed by atoms with Gasteiger partial charge in [0, 0.05) is 25.3 Å². The third-order valence-electron chi connectivity index (χ3n) is 6.36. The summed E-state index contributed by atoms with van der Waals surface area (Å²) in [6.45, 7) is 3.16. The van der Waals surface area contributed by atoms with Crippen molar-refractivity contribution in [2.75, 3.05) is 36.5 Å². The molecule has 0 radical (unpaired) electrons. The second kappa shape index (κ2) is 10.4. The lowest BCUT2D eigenvalue weighted by atomic mass is 9.98. The predicted molar refractivity (Wildman–Crippen MR) is 135 cm³/mol. The lowest BCUT2D eigenvalue weighted by Gasteiger charge is -2.27. The second-order valence-corrected chi connectivity index (χ2v) is 8.83. The molecule has 188 valence electrons. The molecule has 2 heterocycles. The number of ether oxygens (including phenoxy) is 1. The number of alkyl halides is 3. The van der Waals surface area contributed by atoms with Crippen LogP contribution in [0.5, 0.6) is 0 Å². The summed E-state index contributed by atoms with van der Waals surface area (Å²) < 4.78 is 43.6. The normalized spacial score (nSPS) is 13.9. The molecule has 1 N–H and O–H groups in total. The molecule has 0 atom stereocenters. The first kappa shape index (κ1) is 24.5. The van der Waals surface area contributed by atoms with Crippen molar-refractivity contribution in [1.82, 2.24) is 9.97 Å². The number of nitrogens with zero attached hydrogens (tertiary/aromatic N) is 4. The Balaban J connectivity index is 1.29. The summed E-state index contributed by atoms with van der Waals surface area (Å²) in [5.74, 6) is 0.743. The van der Waals surface area contributed by atoms with E-state index in [0.717, 1.165) is 53.4 Å². The number of nitrogens with one attached hydrogen (secondary N) is 1. The van der Waals surface area contributed by atoms with Crippen LogP contribution in [0.15, 0.2) is 66.9 Å². The molecular weight excluding hydrogens is 479 g/mol. The minimum absolute atomic E-state index is 0.408. The highest BCUT2D eigenvalue weighted by Gasteiger charge is 2.29. The summed E-state index contributed by atoms with van der Waals surface area (Å²) in [5.41, 5.74) is 4.63. The topological polar surface area (TPSA) is 74.1 Å². The van der Waals surface area contributed by atoms with Crippen molar-refractivity contribution < 1.29 is 17.9 Å². The summed E-state index contributed by atoms with van der Waals surface area (Å²) in [5, 5.41) is 13.2. The summed E-state index contributed by atoms with van der Waals surface area (Å²) >= 11 is 0. The monoisotopic (exact) mass is 503 g/mol. The number of anilines is 2. The average molecular weight is 504 g/mol. The van der Waals surface area contributed by atoms with Gasteiger partial charge in [0.15, 0.2) is 0 Å². The van der Waals surface area contributed by atoms with E-state index in [1.807, 2.05) is 36.4 Å². The molecular formula is C28H24F3N5O. The Morgan fingerprint density at radius 2 is 1.65 bits per heavy atom. The summed E-state index contributed by atoms with van der Waals surface area (Å²) in [6.07, 6.45) is -2.04. The largest absolute Gasteiger partial charge is 0.416 e. The van der Waals surface area contributed by atoms with Gasteiger partial charge < -0.3 is 15.0 Å². The number of halogens is 3. The Morgan fingerprint density at radius 1 is 0.946 bits per heavy atom. The molecule has 5 rings (SSSR count). The van der Waals surface area contributed by atoms with Gasteiger partial charge in [-0.15, -0.1) is 0 Å². The van der Waals surface area contributed by atoms with E-state index in [4.69, 9.17) is 9.72 Å². The third kappa shape index (κ3) is 5.65. The minimum atomic E-state index is -4.34. The van der Waals surface area contributed by atoms with Crippen molar-refractivity contribution >= 4 is 22.5 Å². The highest BCUT2D eigenvalue weighted by molar-refractivity contribution is 5.83. The van der Waals surface area contributed by atoms with E-state index in [1.165, 1.54) is 12.1 Å². The molecule has 4 aromatic rings. The van der Waals surface area contributed by atoms with E-state index in [1.54, 1.807) is 6.20 Å². The van der Waals surface area contributed by atoms with Crippen LogP contribution >= 0.6 is 0 Å². The molecule has 1 aromatic heterocycles. The Labute approximate surface area is 212 Å². The highest BCUT2D eigenvalue weighted by atomic mass is 19.4. The third-order valence-corrected chi connectivity index (χ3v) is 6.36. The minimum Gasteiger partial charge on any atom is -0.381 e. The van der Waals surface area contributed by atoms with Crippen molar-refractivity contribution in [3.63, 3.8) is 0 Å². The molecule has 0 unspecified atom stereocenters. The van der Waals surface area contributed by atoms with E-state index in [-0.39, 0.29) is 0 Å². The molecule has 0 amide bonds. The van der Waals surface area contributed by atoms with Gasteiger partial charge in [-0.05, 0) is 53.4 Å². The Morgan fingerprint density at radius 3 is 2.32 bits per heavy atom. The Hall–Kier alpha value is -4.16. The van der Waals surface area contributed by atoms with Gasteiger partial charge in [-0.3, -0.25) is 4.98 Å². The Bertz CT molecular complexity index is 1420. The fourth-order valence-corrected chi connectivity index (χ4v) is 4.30. The lowest BCUT2D eigenvalue weighted by Crippen LogP contribution is -2.36. The van der Waals surface area contributed by atoms with Crippen LogP contribution < -0.4 is 10.2 Å². The van der Waals surface area contributed by atoms with E-state index < -0.39 is 11.7 Å². The number of benzene rings is 3. The van der Waals surface area contributed by atoms with E-state index in [2.05, 4.69) is 21.3 Å². The van der Waals surface area contributed by atoms with Crippen molar-refractivity contribution in [2.24, 2.45) is 0 Å². The molecule has 0 saturated carbocycles. The van der Waals surface area contributed by atoms with Gasteiger partial charge in [-0.1, -0.05) is 30.3 Å². The van der Waals surface area contributed by atoms with Gasteiger partial charge in [-0.2, -0.15) is 18.4 Å². The van der Waals surface area contributed by atoms with Crippen LogP contribution in [-0.4, -0.2) is 36.3 Å². The first-order valence-corrected chi connectivity index (χ1v) is 11.9. The van der Waals surface area contributed by atoms with E-state index >= 15 is 0 Å². The molecule has 9 heteroatoms.